The minimum absolute atomic E-state index is 0.0322. The van der Waals surface area contributed by atoms with Crippen molar-refractivity contribution in [3.63, 3.8) is 0 Å². The summed E-state index contributed by atoms with van der Waals surface area (Å²) < 4.78 is 147. The molecule has 48 nitrogen and oxygen atoms in total. The number of nitrogen functional groups attached to an aromatic ring is 2. The van der Waals surface area contributed by atoms with Crippen LogP contribution in [0, 0.1) is 27.7 Å². The van der Waals surface area contributed by atoms with Gasteiger partial charge in [-0.15, -0.1) is 0 Å². The van der Waals surface area contributed by atoms with Gasteiger partial charge in [-0.3, -0.25) is 61.3 Å². The zero-order chi connectivity index (χ0) is 84.0. The molecule has 14 heterocycles. The van der Waals surface area contributed by atoms with Gasteiger partial charge in [0.2, 0.25) is 0 Å². The van der Waals surface area contributed by atoms with Crippen LogP contribution in [0.25, 0.3) is 11.2 Å². The Morgan fingerprint density at radius 3 is 1.42 bits per heavy atom. The number of hydrogen-bond acceptors (Lipinski definition) is 44. The number of nitrogens with one attached hydrogen (secondary N) is 3. The molecule has 8 aliphatic heterocycles. The van der Waals surface area contributed by atoms with Gasteiger partial charge in [0.15, 0.2) is 36.9 Å². The molecular weight excluding hydrogens is 1770 g/mol. The van der Waals surface area contributed by atoms with Crippen LogP contribution in [0.15, 0.2) is 71.0 Å². The molecule has 6 bridgehead atoms. The van der Waals surface area contributed by atoms with Crippen LogP contribution in [0.4, 0.5) is 11.6 Å². The van der Waals surface area contributed by atoms with Crippen molar-refractivity contribution in [2.24, 2.45) is 0 Å². The normalized spacial score (nSPS) is 35.1. The highest BCUT2D eigenvalue weighted by molar-refractivity contribution is 8.32. The first-order valence-corrected chi connectivity index (χ1v) is 48.8. The molecule has 8 saturated heterocycles. The van der Waals surface area contributed by atoms with Gasteiger partial charge in [-0.2, -0.15) is 4.98 Å². The summed E-state index contributed by atoms with van der Waals surface area (Å²) in [4.78, 5) is 194. The molecule has 11 unspecified atom stereocenters. The van der Waals surface area contributed by atoms with Crippen LogP contribution in [0.1, 0.15) is 87.0 Å². The van der Waals surface area contributed by atoms with Crippen molar-refractivity contribution in [1.29, 1.82) is 0 Å². The topological polar surface area (TPSA) is 640 Å². The monoisotopic (exact) mass is 1840 g/mol. The molecule has 14 rings (SSSR count). The number of aryl methyl sites for hydroxylation is 4. The number of anilines is 2. The highest BCUT2D eigenvalue weighted by atomic mass is 32.7. The summed E-state index contributed by atoms with van der Waals surface area (Å²) in [7, 11) is -4.53. The van der Waals surface area contributed by atoms with Crippen LogP contribution < -0.4 is 75.4 Å². The fourth-order valence-electron chi connectivity index (χ4n) is 14.8. The van der Waals surface area contributed by atoms with Crippen molar-refractivity contribution in [1.82, 2.24) is 57.7 Å². The van der Waals surface area contributed by atoms with Crippen molar-refractivity contribution in [3.8, 4) is 0 Å². The Hall–Kier alpha value is -4.52. The lowest BCUT2D eigenvalue weighted by atomic mass is 9.94. The average Bonchev–Trinajstić information content (AvgIpc) is 1.55. The van der Waals surface area contributed by atoms with Crippen LogP contribution >= 0.6 is 41.5 Å². The molecule has 8 aliphatic rings. The number of nitrogens with zero attached hydrogens (tertiary/aromatic N) is 9. The van der Waals surface area contributed by atoms with E-state index in [1.807, 2.05) is 0 Å². The highest BCUT2D eigenvalue weighted by Gasteiger charge is 2.72. The third-order valence-corrected chi connectivity index (χ3v) is 29.0. The van der Waals surface area contributed by atoms with Gasteiger partial charge < -0.3 is 141 Å². The third-order valence-electron chi connectivity index (χ3n) is 20.8. The van der Waals surface area contributed by atoms with Gasteiger partial charge >= 0.3 is 22.8 Å². The number of ether oxygens (including phenoxy) is 8. The number of phosphoric acid groups is 1. The van der Waals surface area contributed by atoms with Crippen LogP contribution in [-0.2, 0) is 156 Å². The number of fused-ring (bicyclic) bond motifs is 7. The minimum atomic E-state index is -5.59. The van der Waals surface area contributed by atoms with E-state index in [2.05, 4.69) is 34.9 Å². The van der Waals surface area contributed by atoms with Crippen molar-refractivity contribution >= 4 is 124 Å². The van der Waals surface area contributed by atoms with Gasteiger partial charge in [-0.1, -0.05) is 47.2 Å². The number of rotatable bonds is 31. The lowest BCUT2D eigenvalue weighted by Crippen LogP contribution is -2.52. The Morgan fingerprint density at radius 1 is 0.534 bits per heavy atom. The van der Waals surface area contributed by atoms with E-state index in [1.165, 1.54) is 71.9 Å². The summed E-state index contributed by atoms with van der Waals surface area (Å²) in [6.45, 7) is -19.8. The lowest BCUT2D eigenvalue weighted by molar-refractivity contribution is -0.246. The maximum atomic E-state index is 15.3. The highest BCUT2D eigenvalue weighted by Crippen LogP contribution is 2.63. The number of nitrogens with two attached hydrogens (primary N) is 2. The van der Waals surface area contributed by atoms with Crippen LogP contribution in [-0.4, -0.2) is 199 Å². The predicted octanol–water partition coefficient (Wildman–Crippen LogP) is -4.02. The van der Waals surface area contributed by atoms with E-state index in [9.17, 15) is 62.6 Å². The van der Waals surface area contributed by atoms with Crippen LogP contribution in [0.5, 0.6) is 0 Å². The summed E-state index contributed by atoms with van der Waals surface area (Å²) in [6.07, 6.45) is -20.5. The van der Waals surface area contributed by atoms with Crippen molar-refractivity contribution in [3.05, 3.63) is 133 Å². The smallest absolute Gasteiger partial charge is 0.351 e. The fourth-order valence-corrected chi connectivity index (χ4v) is 21.9. The van der Waals surface area contributed by atoms with Crippen molar-refractivity contribution in [2.75, 3.05) is 51.6 Å². The molecule has 59 heteroatoms. The number of aromatic amines is 3. The maximum absolute atomic E-state index is 15.3. The third kappa shape index (κ3) is 17.1. The molecule has 0 amide bonds. The Morgan fingerprint density at radius 2 is 0.940 bits per heavy atom. The second-order valence-electron chi connectivity index (χ2n) is 28.0. The molecule has 638 valence electrons. The fraction of sp³-hybridized carbons (Fsp3) is 0.632. The van der Waals surface area contributed by atoms with Crippen molar-refractivity contribution < 1.29 is 126 Å². The molecule has 8 fully saturated rings. The molecule has 6 aromatic heterocycles. The first-order chi connectivity index (χ1) is 54.2. The summed E-state index contributed by atoms with van der Waals surface area (Å²) in [5.74, 6) is -0.113. The number of hydrogen-bond donors (Lipinski definition) is 6. The first-order valence-electron chi connectivity index (χ1n) is 34.5. The Bertz CT molecular complexity index is 5640. The van der Waals surface area contributed by atoms with Crippen LogP contribution in [0.2, 0.25) is 0 Å². The summed E-state index contributed by atoms with van der Waals surface area (Å²) in [6, 6.07) is 0. The summed E-state index contributed by atoms with van der Waals surface area (Å²) in [5.41, 5.74) is -0.649. The molecule has 116 heavy (non-hydrogen) atoms. The second kappa shape index (κ2) is 32.3. The summed E-state index contributed by atoms with van der Waals surface area (Å²) in [5, 5.41) is 0. The predicted molar refractivity (Wildman–Crippen MR) is 397 cm³/mol. The molecule has 0 saturated carbocycles. The van der Waals surface area contributed by atoms with E-state index < -0.39 is 248 Å². The van der Waals surface area contributed by atoms with Gasteiger partial charge in [0.1, 0.15) is 123 Å². The zero-order valence-corrected chi connectivity index (χ0v) is 70.6. The standard InChI is InChI=1S/C57H76N14O34P6S5/c1-22-11-68(51(75)63-42(22)58)48-36-39(55(98-48,26(5)93-36)17-90-106(79,80)81)104-110(85,115)92-19-57-28(7)95-38(50(100-57)70-14-25(4)47(74)66-54(70)78)41(57)105-111(86,116)91-18-56-27(6)94-37(49(99-56)69-13-24(3)46(73)65-53(69)77)40(56)103-109(84,114)89-16-32-30(9-33(96-32)67-12-23(2)45(72)64-52(67)76)102-108(83,113)88-15-31-29(101-107(82,112)87-8)10-34(97-31)71-21-62-35-43(59)60-20-61-44(35)71/h11-14,20-21,26-34,36-41,48-50H,9-10,15-19H2,1-8H3,(H,82,112)(H,83,113)(H,84,114)(H,85,115)(H,86,116)(H2,58,63,75)(H2,59,60,61)(H,64,72,76)(H,65,73,77)(H,66,74,78)(H2,79,80,81)/p-6/t26-,27-,28-,29?,30?,31+,32+,33+,34+,36-,37-,38-,39?,40?,41?,48+,49+,50+,55-,56-,57-,107?,108?,109?,110?,111?/m0/s1. The van der Waals surface area contributed by atoms with Crippen LogP contribution in [0.3, 0.4) is 0 Å². The lowest BCUT2D eigenvalue weighted by Gasteiger charge is -2.42. The van der Waals surface area contributed by atoms with Gasteiger partial charge in [0, 0.05) is 67.0 Å². The van der Waals surface area contributed by atoms with E-state index in [4.69, 9.17) is 159 Å². The first kappa shape index (κ1) is 87.8. The quantitative estimate of drug-likeness (QED) is 0.0178. The van der Waals surface area contributed by atoms with Gasteiger partial charge in [-0.25, -0.2) is 34.1 Å². The number of imidazole rings is 1. The average molecular weight is 1840 g/mol. The minimum Gasteiger partial charge on any atom is -0.780 e. The Kier molecular flexibility index (Phi) is 24.5. The Labute approximate surface area is 676 Å². The molecule has 0 radical (unpaired) electrons. The number of aromatic nitrogens is 12. The maximum Gasteiger partial charge on any atom is 0.351 e. The van der Waals surface area contributed by atoms with E-state index in [0.29, 0.717) is 0 Å². The number of phosphoric ester groups is 1. The molecule has 27 atom stereocenters. The van der Waals surface area contributed by atoms with Crippen molar-refractivity contribution in [2.45, 2.75) is 189 Å². The molecule has 0 spiro atoms. The zero-order valence-electron chi connectivity index (χ0n) is 61.1. The van der Waals surface area contributed by atoms with E-state index in [1.54, 1.807) is 0 Å². The second-order valence-corrected chi connectivity index (χ2v) is 42.9. The van der Waals surface area contributed by atoms with E-state index in [0.717, 1.165) is 44.0 Å². The van der Waals surface area contributed by atoms with Gasteiger partial charge in [0.05, 0.1) is 69.9 Å². The van der Waals surface area contributed by atoms with E-state index >= 15 is 9.46 Å². The number of H-pyrrole nitrogens is 3. The largest absolute Gasteiger partial charge is 0.780 e. The van der Waals surface area contributed by atoms with Gasteiger partial charge in [-0.05, 0) is 48.5 Å². The summed E-state index contributed by atoms with van der Waals surface area (Å²) >= 11 is 27.1. The molecule has 8 N–H and O–H groups in total. The Balaban J connectivity index is 0.724. The van der Waals surface area contributed by atoms with E-state index in [-0.39, 0.29) is 51.5 Å². The SMILES string of the molecule is COP([O-])(=S)OC1C[C@H](n2cnc3c(N)ncnc32)O[C@@H]1COP([O-])(=S)OC1C[C@H](n2cc(C)c(=O)[nH]c2=O)O[C@@H]1COP([O-])(=S)OC1[C@@H]2O[C@@H](C)[C@]1(COP(=O)([S-])OC1[C@@H]3O[C@@H](C)[C@]1(COP([O-])(=S)OC1[C@@H]4O[C@@H](C)[C@]1(COP(=O)([O-])O)O[C@H]4n1cc(C)c(N)nc1=O)O[C@H]3n1cc(C)c(=O)[nH]c1=O)O[C@H]2n1cc(C)c(=O)[nH]c1=O. The van der Waals surface area contributed by atoms with Gasteiger partial charge in [0.25, 0.3) is 24.5 Å². The molecular formula is C57H70N14O34P6S5-6. The molecule has 0 aromatic carbocycles. The molecule has 6 aromatic rings. The molecule has 0 aliphatic carbocycles.